The summed E-state index contributed by atoms with van der Waals surface area (Å²) >= 11 is 5.26. The molecule has 1 aliphatic rings. The summed E-state index contributed by atoms with van der Waals surface area (Å²) in [5.41, 5.74) is 0.928. The fourth-order valence-electron chi connectivity index (χ4n) is 2.48. The molecule has 0 aromatic carbocycles. The minimum absolute atomic E-state index is 0.675. The van der Waals surface area contributed by atoms with E-state index in [0.29, 0.717) is 5.11 Å². The van der Waals surface area contributed by atoms with Crippen LogP contribution in [0.4, 0.5) is 5.69 Å². The van der Waals surface area contributed by atoms with Gasteiger partial charge in [0.1, 0.15) is 0 Å². The molecule has 5 heteroatoms. The van der Waals surface area contributed by atoms with Gasteiger partial charge in [0.25, 0.3) is 0 Å². The molecule has 0 spiro atoms. The number of anilines is 1. The highest BCUT2D eigenvalue weighted by molar-refractivity contribution is 7.80. The Morgan fingerprint density at radius 3 is 2.75 bits per heavy atom. The van der Waals surface area contributed by atoms with Crippen LogP contribution >= 0.6 is 12.2 Å². The van der Waals surface area contributed by atoms with E-state index >= 15 is 0 Å². The molecular formula is C15H24N4S. The number of nitrogens with zero attached hydrogens (tertiary/aromatic N) is 2. The zero-order valence-corrected chi connectivity index (χ0v) is 12.8. The summed E-state index contributed by atoms with van der Waals surface area (Å²) in [7, 11) is 0. The van der Waals surface area contributed by atoms with Gasteiger partial charge in [-0.15, -0.1) is 0 Å². The Balaban J connectivity index is 1.57. The second-order valence-electron chi connectivity index (χ2n) is 5.23. The van der Waals surface area contributed by atoms with Gasteiger partial charge in [-0.25, -0.2) is 0 Å². The summed E-state index contributed by atoms with van der Waals surface area (Å²) in [6.45, 7) is 4.61. The predicted octanol–water partition coefficient (Wildman–Crippen LogP) is 2.63. The molecule has 1 aromatic heterocycles. The van der Waals surface area contributed by atoms with E-state index in [1.165, 1.54) is 45.3 Å². The average Bonchev–Trinajstić information content (AvgIpc) is 2.73. The molecule has 2 N–H and O–H groups in total. The van der Waals surface area contributed by atoms with E-state index in [9.17, 15) is 0 Å². The highest BCUT2D eigenvalue weighted by Gasteiger charge is 2.07. The van der Waals surface area contributed by atoms with Crippen molar-refractivity contribution in [2.75, 3.05) is 31.5 Å². The number of pyridine rings is 1. The monoisotopic (exact) mass is 292 g/mol. The van der Waals surface area contributed by atoms with Crippen molar-refractivity contribution >= 4 is 23.0 Å². The van der Waals surface area contributed by atoms with Gasteiger partial charge < -0.3 is 15.5 Å². The van der Waals surface area contributed by atoms with Crippen molar-refractivity contribution in [1.82, 2.24) is 15.2 Å². The Morgan fingerprint density at radius 2 is 2.05 bits per heavy atom. The third-order valence-electron chi connectivity index (χ3n) is 3.55. The largest absolute Gasteiger partial charge is 0.362 e. The lowest BCUT2D eigenvalue weighted by Crippen LogP contribution is -2.32. The van der Waals surface area contributed by atoms with Crippen LogP contribution in [-0.4, -0.2) is 41.2 Å². The van der Waals surface area contributed by atoms with Crippen LogP contribution in [-0.2, 0) is 0 Å². The van der Waals surface area contributed by atoms with Gasteiger partial charge in [-0.05, 0) is 63.2 Å². The van der Waals surface area contributed by atoms with Crippen molar-refractivity contribution in [3.8, 4) is 0 Å². The third kappa shape index (κ3) is 5.84. The molecule has 0 atom stereocenters. The molecule has 0 amide bonds. The molecule has 0 aliphatic carbocycles. The van der Waals surface area contributed by atoms with Crippen LogP contribution in [0.3, 0.4) is 0 Å². The summed E-state index contributed by atoms with van der Waals surface area (Å²) in [5.74, 6) is 0. The quantitative estimate of drug-likeness (QED) is 0.645. The van der Waals surface area contributed by atoms with Crippen LogP contribution < -0.4 is 10.6 Å². The van der Waals surface area contributed by atoms with Crippen molar-refractivity contribution in [3.05, 3.63) is 24.5 Å². The van der Waals surface area contributed by atoms with Crippen LogP contribution in [0.5, 0.6) is 0 Å². The highest BCUT2D eigenvalue weighted by Crippen LogP contribution is 2.09. The van der Waals surface area contributed by atoms with Gasteiger partial charge in [-0.2, -0.15) is 0 Å². The van der Waals surface area contributed by atoms with Crippen LogP contribution in [0.1, 0.15) is 32.1 Å². The zero-order chi connectivity index (χ0) is 14.0. The first-order valence-electron chi connectivity index (χ1n) is 7.52. The topological polar surface area (TPSA) is 40.2 Å². The molecule has 1 aliphatic heterocycles. The average molecular weight is 292 g/mol. The fraction of sp³-hybridized carbons (Fsp3) is 0.600. The lowest BCUT2D eigenvalue weighted by molar-refractivity contribution is 0.282. The van der Waals surface area contributed by atoms with E-state index in [2.05, 4.69) is 20.5 Å². The Bertz CT molecular complexity index is 388. The maximum atomic E-state index is 5.26. The van der Waals surface area contributed by atoms with Gasteiger partial charge in [0.15, 0.2) is 5.11 Å². The molecule has 2 rings (SSSR count). The Morgan fingerprint density at radius 1 is 1.25 bits per heavy atom. The molecule has 0 bridgehead atoms. The van der Waals surface area contributed by atoms with Crippen LogP contribution in [0.2, 0.25) is 0 Å². The molecule has 0 unspecified atom stereocenters. The summed E-state index contributed by atoms with van der Waals surface area (Å²) in [6.07, 6.45) is 10.2. The van der Waals surface area contributed by atoms with Gasteiger partial charge in [-0.1, -0.05) is 12.8 Å². The van der Waals surface area contributed by atoms with E-state index < -0.39 is 0 Å². The standard InChI is InChI=1S/C15H24N4S/c20-15(18-14-7-5-8-16-13-14)17-9-6-12-19-10-3-1-2-4-11-19/h5,7-8,13H,1-4,6,9-12H2,(H2,17,18,20). The SMILES string of the molecule is S=C(NCCCN1CCCCCC1)Nc1cccnc1. The van der Waals surface area contributed by atoms with Crippen molar-refractivity contribution in [1.29, 1.82) is 0 Å². The molecule has 110 valence electrons. The summed E-state index contributed by atoms with van der Waals surface area (Å²) in [6, 6.07) is 3.85. The normalized spacial score (nSPS) is 16.4. The second kappa shape index (κ2) is 8.87. The minimum Gasteiger partial charge on any atom is -0.362 e. The maximum absolute atomic E-state index is 5.26. The predicted molar refractivity (Wildman–Crippen MR) is 88.0 cm³/mol. The Hall–Kier alpha value is -1.20. The number of rotatable bonds is 5. The van der Waals surface area contributed by atoms with Gasteiger partial charge in [0.05, 0.1) is 11.9 Å². The van der Waals surface area contributed by atoms with Crippen LogP contribution in [0.15, 0.2) is 24.5 Å². The zero-order valence-electron chi connectivity index (χ0n) is 12.0. The van der Waals surface area contributed by atoms with E-state index in [0.717, 1.165) is 18.7 Å². The van der Waals surface area contributed by atoms with Gasteiger partial charge in [0.2, 0.25) is 0 Å². The van der Waals surface area contributed by atoms with E-state index in [1.807, 2.05) is 12.1 Å². The van der Waals surface area contributed by atoms with E-state index in [1.54, 1.807) is 12.4 Å². The molecule has 0 saturated carbocycles. The van der Waals surface area contributed by atoms with Gasteiger partial charge in [0, 0.05) is 12.7 Å². The second-order valence-corrected chi connectivity index (χ2v) is 5.64. The van der Waals surface area contributed by atoms with Crippen LogP contribution in [0.25, 0.3) is 0 Å². The first-order chi connectivity index (χ1) is 9.84. The number of thiocarbonyl (C=S) groups is 1. The molecule has 20 heavy (non-hydrogen) atoms. The van der Waals surface area contributed by atoms with Crippen molar-refractivity contribution in [3.63, 3.8) is 0 Å². The summed E-state index contributed by atoms with van der Waals surface area (Å²) in [5, 5.41) is 7.06. The minimum atomic E-state index is 0.675. The number of likely N-dealkylation sites (tertiary alicyclic amines) is 1. The van der Waals surface area contributed by atoms with E-state index in [4.69, 9.17) is 12.2 Å². The number of hydrogen-bond donors (Lipinski definition) is 2. The van der Waals surface area contributed by atoms with Crippen molar-refractivity contribution in [2.45, 2.75) is 32.1 Å². The lowest BCUT2D eigenvalue weighted by Gasteiger charge is -2.19. The Kier molecular flexibility index (Phi) is 6.74. The number of nitrogens with one attached hydrogen (secondary N) is 2. The molecule has 4 nitrogen and oxygen atoms in total. The Labute approximate surface area is 127 Å². The maximum Gasteiger partial charge on any atom is 0.170 e. The third-order valence-corrected chi connectivity index (χ3v) is 3.80. The smallest absolute Gasteiger partial charge is 0.170 e. The lowest BCUT2D eigenvalue weighted by atomic mass is 10.2. The summed E-state index contributed by atoms with van der Waals surface area (Å²) in [4.78, 5) is 6.62. The molecule has 1 fully saturated rings. The van der Waals surface area contributed by atoms with Crippen molar-refractivity contribution < 1.29 is 0 Å². The highest BCUT2D eigenvalue weighted by atomic mass is 32.1. The molecule has 1 aromatic rings. The first kappa shape index (κ1) is 15.2. The van der Waals surface area contributed by atoms with Gasteiger partial charge in [-0.3, -0.25) is 4.98 Å². The fourth-order valence-corrected chi connectivity index (χ4v) is 2.70. The van der Waals surface area contributed by atoms with Crippen molar-refractivity contribution in [2.24, 2.45) is 0 Å². The van der Waals surface area contributed by atoms with Crippen LogP contribution in [0, 0.1) is 0 Å². The number of aromatic nitrogens is 1. The molecule has 0 radical (unpaired) electrons. The molecule has 2 heterocycles. The van der Waals surface area contributed by atoms with E-state index in [-0.39, 0.29) is 0 Å². The van der Waals surface area contributed by atoms with Gasteiger partial charge >= 0.3 is 0 Å². The summed E-state index contributed by atoms with van der Waals surface area (Å²) < 4.78 is 0. The molecular weight excluding hydrogens is 268 g/mol. The number of hydrogen-bond acceptors (Lipinski definition) is 3. The molecule has 1 saturated heterocycles. The first-order valence-corrected chi connectivity index (χ1v) is 7.93.